The van der Waals surface area contributed by atoms with Crippen molar-refractivity contribution in [3.8, 4) is 0 Å². The molecule has 1 aliphatic rings. The van der Waals surface area contributed by atoms with Crippen LogP contribution in [0.2, 0.25) is 0 Å². The van der Waals surface area contributed by atoms with E-state index in [0.717, 1.165) is 25.9 Å². The predicted molar refractivity (Wildman–Crippen MR) is 76.9 cm³/mol. The molecule has 0 radical (unpaired) electrons. The average molecular weight is 286 g/mol. The quantitative estimate of drug-likeness (QED) is 0.942. The van der Waals surface area contributed by atoms with Gasteiger partial charge in [-0.3, -0.25) is 4.79 Å². The Balaban J connectivity index is 1.70. The van der Waals surface area contributed by atoms with Crippen molar-refractivity contribution >= 4 is 17.5 Å². The third-order valence-corrected chi connectivity index (χ3v) is 3.37. The number of hydrogen-bond acceptors (Lipinski definition) is 4. The zero-order valence-electron chi connectivity index (χ0n) is 11.4. The van der Waals surface area contributed by atoms with Crippen LogP contribution in [0.1, 0.15) is 23.2 Å². The minimum absolute atomic E-state index is 0.0372. The van der Waals surface area contributed by atoms with Gasteiger partial charge in [0.25, 0.3) is 5.91 Å². The number of likely N-dealkylation sites (tertiary alicyclic amines) is 1. The summed E-state index contributed by atoms with van der Waals surface area (Å²) in [6, 6.07) is 6.04. The number of benzene rings is 1. The number of amides is 1. The first-order valence-corrected chi connectivity index (χ1v) is 6.86. The molecule has 6 heteroatoms. The molecule has 0 bridgehead atoms. The fourth-order valence-corrected chi connectivity index (χ4v) is 2.30. The number of anilines is 2. The number of carbonyl (C=O) groups is 1. The van der Waals surface area contributed by atoms with Crippen LogP contribution in [0.15, 0.2) is 36.7 Å². The highest BCUT2D eigenvalue weighted by molar-refractivity contribution is 5.93. The number of halogens is 1. The fourth-order valence-electron chi connectivity index (χ4n) is 2.30. The van der Waals surface area contributed by atoms with Crippen LogP contribution in [0, 0.1) is 5.82 Å². The Bertz CT molecular complexity index is 638. The minimum atomic E-state index is -0.333. The van der Waals surface area contributed by atoms with E-state index in [-0.39, 0.29) is 11.7 Å². The van der Waals surface area contributed by atoms with Crippen molar-refractivity contribution in [2.45, 2.75) is 12.8 Å². The molecule has 0 atom stereocenters. The van der Waals surface area contributed by atoms with E-state index in [1.807, 2.05) is 0 Å². The van der Waals surface area contributed by atoms with Gasteiger partial charge in [0.05, 0.1) is 5.56 Å². The van der Waals surface area contributed by atoms with Crippen molar-refractivity contribution < 1.29 is 9.18 Å². The fraction of sp³-hybridized carbons (Fsp3) is 0.267. The molecule has 1 saturated heterocycles. The average Bonchev–Trinajstić information content (AvgIpc) is 3.01. The van der Waals surface area contributed by atoms with E-state index in [1.54, 1.807) is 17.0 Å². The van der Waals surface area contributed by atoms with Crippen LogP contribution in [0.5, 0.6) is 0 Å². The second kappa shape index (κ2) is 5.87. The van der Waals surface area contributed by atoms with E-state index in [9.17, 15) is 9.18 Å². The number of nitrogens with zero attached hydrogens (tertiary/aromatic N) is 3. The zero-order valence-corrected chi connectivity index (χ0v) is 11.4. The molecule has 5 nitrogen and oxygen atoms in total. The monoisotopic (exact) mass is 286 g/mol. The molecule has 1 aliphatic heterocycles. The van der Waals surface area contributed by atoms with E-state index in [2.05, 4.69) is 15.3 Å². The summed E-state index contributed by atoms with van der Waals surface area (Å²) in [6.45, 7) is 1.59. The van der Waals surface area contributed by atoms with Gasteiger partial charge in [-0.25, -0.2) is 14.4 Å². The van der Waals surface area contributed by atoms with Gasteiger partial charge in [0.2, 0.25) is 5.95 Å². The third kappa shape index (κ3) is 3.16. The van der Waals surface area contributed by atoms with Crippen LogP contribution < -0.4 is 5.32 Å². The van der Waals surface area contributed by atoms with Crippen molar-refractivity contribution in [1.29, 1.82) is 0 Å². The second-order valence-corrected chi connectivity index (χ2v) is 4.93. The lowest BCUT2D eigenvalue weighted by molar-refractivity contribution is 0.0792. The lowest BCUT2D eigenvalue weighted by Gasteiger charge is -2.14. The topological polar surface area (TPSA) is 58.1 Å². The highest BCUT2D eigenvalue weighted by Crippen LogP contribution is 2.15. The van der Waals surface area contributed by atoms with Gasteiger partial charge >= 0.3 is 0 Å². The van der Waals surface area contributed by atoms with Crippen molar-refractivity contribution in [3.63, 3.8) is 0 Å². The first-order valence-electron chi connectivity index (χ1n) is 6.86. The molecule has 0 aliphatic carbocycles. The van der Waals surface area contributed by atoms with Gasteiger partial charge in [-0.15, -0.1) is 0 Å². The largest absolute Gasteiger partial charge is 0.339 e. The Labute approximate surface area is 121 Å². The third-order valence-electron chi connectivity index (χ3n) is 3.37. The summed E-state index contributed by atoms with van der Waals surface area (Å²) in [5.74, 6) is -0.0378. The summed E-state index contributed by atoms with van der Waals surface area (Å²) in [7, 11) is 0. The predicted octanol–water partition coefficient (Wildman–Crippen LogP) is 2.60. The maximum absolute atomic E-state index is 13.1. The zero-order chi connectivity index (χ0) is 14.7. The van der Waals surface area contributed by atoms with Crippen LogP contribution in [-0.4, -0.2) is 33.9 Å². The molecule has 21 heavy (non-hydrogen) atoms. The summed E-state index contributed by atoms with van der Waals surface area (Å²) in [5, 5.41) is 2.89. The van der Waals surface area contributed by atoms with E-state index >= 15 is 0 Å². The van der Waals surface area contributed by atoms with Crippen molar-refractivity contribution in [3.05, 3.63) is 48.0 Å². The number of hydrogen-bond donors (Lipinski definition) is 1. The van der Waals surface area contributed by atoms with Gasteiger partial charge in [-0.1, -0.05) is 6.07 Å². The number of carbonyl (C=O) groups excluding carboxylic acids is 1. The molecule has 1 fully saturated rings. The maximum atomic E-state index is 13.1. The maximum Gasteiger partial charge on any atom is 0.256 e. The summed E-state index contributed by atoms with van der Waals surface area (Å²) in [5.41, 5.74) is 1.04. The van der Waals surface area contributed by atoms with Crippen molar-refractivity contribution in [2.24, 2.45) is 0 Å². The van der Waals surface area contributed by atoms with Gasteiger partial charge in [-0.05, 0) is 31.0 Å². The smallest absolute Gasteiger partial charge is 0.256 e. The first-order chi connectivity index (χ1) is 10.2. The summed E-state index contributed by atoms with van der Waals surface area (Å²) >= 11 is 0. The van der Waals surface area contributed by atoms with E-state index in [4.69, 9.17) is 0 Å². The second-order valence-electron chi connectivity index (χ2n) is 4.93. The lowest BCUT2D eigenvalue weighted by atomic mass is 10.3. The van der Waals surface area contributed by atoms with Crippen LogP contribution in [-0.2, 0) is 0 Å². The Kier molecular flexibility index (Phi) is 3.77. The molecular weight excluding hydrogens is 271 g/mol. The molecular formula is C15H15FN4O. The van der Waals surface area contributed by atoms with Crippen LogP contribution in [0.4, 0.5) is 16.0 Å². The van der Waals surface area contributed by atoms with E-state index in [0.29, 0.717) is 17.2 Å². The summed E-state index contributed by atoms with van der Waals surface area (Å²) in [4.78, 5) is 22.1. The lowest BCUT2D eigenvalue weighted by Crippen LogP contribution is -2.27. The minimum Gasteiger partial charge on any atom is -0.339 e. The summed E-state index contributed by atoms with van der Waals surface area (Å²) < 4.78 is 13.1. The molecule has 1 aromatic carbocycles. The molecule has 2 heterocycles. The van der Waals surface area contributed by atoms with Gasteiger partial charge < -0.3 is 10.2 Å². The van der Waals surface area contributed by atoms with E-state index < -0.39 is 0 Å². The SMILES string of the molecule is O=C(c1cnc(Nc2cccc(F)c2)nc1)N1CCCC1. The molecule has 108 valence electrons. The van der Waals surface area contributed by atoms with Gasteiger partial charge in [0.1, 0.15) is 5.82 Å². The molecule has 0 saturated carbocycles. The summed E-state index contributed by atoms with van der Waals surface area (Å²) in [6.07, 6.45) is 5.09. The number of rotatable bonds is 3. The van der Waals surface area contributed by atoms with Crippen LogP contribution >= 0.6 is 0 Å². The Morgan fingerprint density at radius 1 is 1.19 bits per heavy atom. The Morgan fingerprint density at radius 3 is 2.57 bits per heavy atom. The molecule has 3 rings (SSSR count). The molecule has 0 spiro atoms. The van der Waals surface area contributed by atoms with Gasteiger partial charge in [0.15, 0.2) is 0 Å². The normalized spacial score (nSPS) is 14.2. The molecule has 0 unspecified atom stereocenters. The number of aromatic nitrogens is 2. The molecule has 1 amide bonds. The first kappa shape index (κ1) is 13.5. The van der Waals surface area contributed by atoms with Crippen molar-refractivity contribution in [1.82, 2.24) is 14.9 Å². The Hall–Kier alpha value is -2.50. The number of nitrogens with one attached hydrogen (secondary N) is 1. The standard InChI is InChI=1S/C15H15FN4O/c16-12-4-3-5-13(8-12)19-15-17-9-11(10-18-15)14(21)20-6-1-2-7-20/h3-5,8-10H,1-2,6-7H2,(H,17,18,19). The molecule has 1 N–H and O–H groups in total. The van der Waals surface area contributed by atoms with Crippen molar-refractivity contribution in [2.75, 3.05) is 18.4 Å². The van der Waals surface area contributed by atoms with Gasteiger partial charge in [-0.2, -0.15) is 0 Å². The molecule has 2 aromatic rings. The highest BCUT2D eigenvalue weighted by Gasteiger charge is 2.19. The van der Waals surface area contributed by atoms with Crippen LogP contribution in [0.3, 0.4) is 0 Å². The van der Waals surface area contributed by atoms with Crippen LogP contribution in [0.25, 0.3) is 0 Å². The molecule has 1 aromatic heterocycles. The van der Waals surface area contributed by atoms with E-state index in [1.165, 1.54) is 24.5 Å². The highest BCUT2D eigenvalue weighted by atomic mass is 19.1. The van der Waals surface area contributed by atoms with Gasteiger partial charge in [0, 0.05) is 31.2 Å². The Morgan fingerprint density at radius 2 is 1.90 bits per heavy atom.